The van der Waals surface area contributed by atoms with Gasteiger partial charge < -0.3 is 11.1 Å². The molecule has 2 aromatic carbocycles. The monoisotopic (exact) mass is 396 g/mol. The molecule has 0 aliphatic heterocycles. The molecule has 20 heavy (non-hydrogen) atoms. The zero-order valence-corrected chi connectivity index (χ0v) is 14.3. The van der Waals surface area contributed by atoms with Gasteiger partial charge in [-0.15, -0.1) is 0 Å². The Balaban J connectivity index is 2.36. The van der Waals surface area contributed by atoms with Crippen molar-refractivity contribution >= 4 is 49.1 Å². The summed E-state index contributed by atoms with van der Waals surface area (Å²) in [7, 11) is 0. The first-order valence-electron chi connectivity index (χ1n) is 6.02. The van der Waals surface area contributed by atoms with E-state index in [9.17, 15) is 4.79 Å². The smallest absolute Gasteiger partial charge is 0.256 e. The Hall–Kier alpha value is -1.33. The Morgan fingerprint density at radius 2 is 1.90 bits per heavy atom. The normalized spacial score (nSPS) is 10.4. The SMILES string of the molecule is Cc1cc(N)c(NC(=O)c2cccc(C)c2Br)c(Br)c1. The summed E-state index contributed by atoms with van der Waals surface area (Å²) >= 11 is 6.86. The molecule has 2 aromatic rings. The highest BCUT2D eigenvalue weighted by molar-refractivity contribution is 9.11. The van der Waals surface area contributed by atoms with E-state index in [1.807, 2.05) is 38.1 Å². The summed E-state index contributed by atoms with van der Waals surface area (Å²) in [6.45, 7) is 3.89. The van der Waals surface area contributed by atoms with E-state index < -0.39 is 0 Å². The van der Waals surface area contributed by atoms with Crippen LogP contribution in [-0.4, -0.2) is 5.91 Å². The second-order valence-corrected chi connectivity index (χ2v) is 6.25. The number of hydrogen-bond acceptors (Lipinski definition) is 2. The molecule has 0 saturated carbocycles. The lowest BCUT2D eigenvalue weighted by atomic mass is 10.1. The van der Waals surface area contributed by atoms with Crippen molar-refractivity contribution in [3.8, 4) is 0 Å². The molecular formula is C15H14Br2N2O. The topological polar surface area (TPSA) is 55.1 Å². The molecule has 0 heterocycles. The molecule has 0 bridgehead atoms. The van der Waals surface area contributed by atoms with Crippen LogP contribution >= 0.6 is 31.9 Å². The Kier molecular flexibility index (Phi) is 4.50. The molecule has 0 unspecified atom stereocenters. The largest absolute Gasteiger partial charge is 0.397 e. The molecule has 0 atom stereocenters. The van der Waals surface area contributed by atoms with Crippen molar-refractivity contribution in [1.82, 2.24) is 0 Å². The number of nitrogens with one attached hydrogen (secondary N) is 1. The van der Waals surface area contributed by atoms with Crippen molar-refractivity contribution in [3.63, 3.8) is 0 Å². The average molecular weight is 398 g/mol. The van der Waals surface area contributed by atoms with Crippen LogP contribution in [0, 0.1) is 13.8 Å². The molecule has 5 heteroatoms. The number of hydrogen-bond donors (Lipinski definition) is 2. The molecule has 2 rings (SSSR count). The Morgan fingerprint density at radius 1 is 1.20 bits per heavy atom. The number of nitrogen functional groups attached to an aromatic ring is 1. The zero-order chi connectivity index (χ0) is 14.9. The van der Waals surface area contributed by atoms with Crippen LogP contribution in [-0.2, 0) is 0 Å². The Labute approximate surface area is 134 Å². The third kappa shape index (κ3) is 3.04. The van der Waals surface area contributed by atoms with Crippen LogP contribution in [0.1, 0.15) is 21.5 Å². The summed E-state index contributed by atoms with van der Waals surface area (Å²) < 4.78 is 1.56. The minimum absolute atomic E-state index is 0.197. The predicted molar refractivity (Wildman–Crippen MR) is 90.1 cm³/mol. The summed E-state index contributed by atoms with van der Waals surface area (Å²) in [6, 6.07) is 9.30. The standard InChI is InChI=1S/C15H14Br2N2O/c1-8-6-11(16)14(12(18)7-8)19-15(20)10-5-3-4-9(2)13(10)17/h3-7H,18H2,1-2H3,(H,19,20). The maximum atomic E-state index is 12.4. The first kappa shape index (κ1) is 15.1. The highest BCUT2D eigenvalue weighted by Gasteiger charge is 2.14. The van der Waals surface area contributed by atoms with Gasteiger partial charge in [0.25, 0.3) is 5.91 Å². The zero-order valence-electron chi connectivity index (χ0n) is 11.1. The number of amides is 1. The number of anilines is 2. The van der Waals surface area contributed by atoms with Gasteiger partial charge in [-0.1, -0.05) is 12.1 Å². The van der Waals surface area contributed by atoms with Gasteiger partial charge in [-0.3, -0.25) is 4.79 Å². The maximum Gasteiger partial charge on any atom is 0.256 e. The first-order chi connectivity index (χ1) is 9.40. The third-order valence-corrected chi connectivity index (χ3v) is 4.62. The number of rotatable bonds is 2. The van der Waals surface area contributed by atoms with E-state index in [4.69, 9.17) is 5.73 Å². The van der Waals surface area contributed by atoms with E-state index >= 15 is 0 Å². The van der Waals surface area contributed by atoms with Gasteiger partial charge in [0.05, 0.1) is 16.9 Å². The molecule has 0 aliphatic rings. The highest BCUT2D eigenvalue weighted by Crippen LogP contribution is 2.31. The van der Waals surface area contributed by atoms with E-state index in [1.54, 1.807) is 6.07 Å². The van der Waals surface area contributed by atoms with Crippen LogP contribution in [0.2, 0.25) is 0 Å². The van der Waals surface area contributed by atoms with Crippen molar-refractivity contribution in [2.45, 2.75) is 13.8 Å². The van der Waals surface area contributed by atoms with E-state index in [1.165, 1.54) is 0 Å². The van der Waals surface area contributed by atoms with Crippen molar-refractivity contribution in [2.24, 2.45) is 0 Å². The highest BCUT2D eigenvalue weighted by atomic mass is 79.9. The van der Waals surface area contributed by atoms with Gasteiger partial charge in [-0.05, 0) is 75.0 Å². The summed E-state index contributed by atoms with van der Waals surface area (Å²) in [6.07, 6.45) is 0. The third-order valence-electron chi connectivity index (χ3n) is 2.94. The van der Waals surface area contributed by atoms with Crippen LogP contribution in [0.25, 0.3) is 0 Å². The quantitative estimate of drug-likeness (QED) is 0.723. The number of carbonyl (C=O) groups excluding carboxylic acids is 1. The van der Waals surface area contributed by atoms with Crippen LogP contribution in [0.4, 0.5) is 11.4 Å². The summed E-state index contributed by atoms with van der Waals surface area (Å²) in [5.74, 6) is -0.197. The maximum absolute atomic E-state index is 12.4. The predicted octanol–water partition coefficient (Wildman–Crippen LogP) is 4.66. The number of carbonyl (C=O) groups is 1. The molecule has 0 spiro atoms. The molecule has 0 radical (unpaired) electrons. The molecule has 0 saturated heterocycles. The van der Waals surface area contributed by atoms with Gasteiger partial charge >= 0.3 is 0 Å². The van der Waals surface area contributed by atoms with Gasteiger partial charge in [-0.25, -0.2) is 0 Å². The minimum atomic E-state index is -0.197. The van der Waals surface area contributed by atoms with Crippen molar-refractivity contribution < 1.29 is 4.79 Å². The Morgan fingerprint density at radius 3 is 2.55 bits per heavy atom. The molecule has 0 fully saturated rings. The van der Waals surface area contributed by atoms with E-state index in [-0.39, 0.29) is 5.91 Å². The average Bonchev–Trinajstić information content (AvgIpc) is 2.36. The van der Waals surface area contributed by atoms with Gasteiger partial charge in [0.2, 0.25) is 0 Å². The minimum Gasteiger partial charge on any atom is -0.397 e. The molecule has 3 nitrogen and oxygen atoms in total. The summed E-state index contributed by atoms with van der Waals surface area (Å²) in [5.41, 5.74) is 9.71. The van der Waals surface area contributed by atoms with E-state index in [0.717, 1.165) is 20.1 Å². The molecule has 104 valence electrons. The van der Waals surface area contributed by atoms with E-state index in [0.29, 0.717) is 16.9 Å². The van der Waals surface area contributed by atoms with Crippen LogP contribution < -0.4 is 11.1 Å². The van der Waals surface area contributed by atoms with Crippen molar-refractivity contribution in [3.05, 3.63) is 56.0 Å². The lowest BCUT2D eigenvalue weighted by Crippen LogP contribution is -2.14. The van der Waals surface area contributed by atoms with Gasteiger partial charge in [-0.2, -0.15) is 0 Å². The van der Waals surface area contributed by atoms with Gasteiger partial charge in [0.1, 0.15) is 0 Å². The van der Waals surface area contributed by atoms with E-state index in [2.05, 4.69) is 37.2 Å². The fraction of sp³-hybridized carbons (Fsp3) is 0.133. The number of aryl methyl sites for hydroxylation is 2. The summed E-state index contributed by atoms with van der Waals surface area (Å²) in [5, 5.41) is 2.85. The molecular weight excluding hydrogens is 384 g/mol. The summed E-state index contributed by atoms with van der Waals surface area (Å²) in [4.78, 5) is 12.4. The molecule has 1 amide bonds. The number of benzene rings is 2. The fourth-order valence-electron chi connectivity index (χ4n) is 1.90. The molecule has 0 aliphatic carbocycles. The number of nitrogens with two attached hydrogens (primary N) is 1. The van der Waals surface area contributed by atoms with Crippen molar-refractivity contribution in [1.29, 1.82) is 0 Å². The van der Waals surface area contributed by atoms with Gasteiger partial charge in [0, 0.05) is 8.95 Å². The molecule has 0 aromatic heterocycles. The van der Waals surface area contributed by atoms with Crippen LogP contribution in [0.15, 0.2) is 39.3 Å². The lowest BCUT2D eigenvalue weighted by molar-refractivity contribution is 0.102. The van der Waals surface area contributed by atoms with Gasteiger partial charge in [0.15, 0.2) is 0 Å². The number of halogens is 2. The lowest BCUT2D eigenvalue weighted by Gasteiger charge is -2.13. The van der Waals surface area contributed by atoms with Crippen LogP contribution in [0.3, 0.4) is 0 Å². The van der Waals surface area contributed by atoms with Crippen molar-refractivity contribution in [2.75, 3.05) is 11.1 Å². The first-order valence-corrected chi connectivity index (χ1v) is 7.61. The second kappa shape index (κ2) is 5.97. The molecule has 3 N–H and O–H groups in total. The Bertz CT molecular complexity index is 661. The van der Waals surface area contributed by atoms with Crippen LogP contribution in [0.5, 0.6) is 0 Å². The fourth-order valence-corrected chi connectivity index (χ4v) is 3.04. The second-order valence-electron chi connectivity index (χ2n) is 4.60.